The van der Waals surface area contributed by atoms with Crippen LogP contribution in [0.2, 0.25) is 0 Å². The summed E-state index contributed by atoms with van der Waals surface area (Å²) in [5, 5.41) is 0. The maximum Gasteiger partial charge on any atom is 0.225 e. The molecule has 0 spiro atoms. The predicted octanol–water partition coefficient (Wildman–Crippen LogP) is 1.13. The van der Waals surface area contributed by atoms with Crippen LogP contribution in [0, 0.1) is 0 Å². The van der Waals surface area contributed by atoms with Gasteiger partial charge < -0.3 is 20.1 Å². The molecule has 0 aliphatic heterocycles. The summed E-state index contributed by atoms with van der Waals surface area (Å²) in [7, 11) is 5.00. The molecule has 0 aliphatic carbocycles. The number of amides is 1. The van der Waals surface area contributed by atoms with Gasteiger partial charge in [0.25, 0.3) is 0 Å². The van der Waals surface area contributed by atoms with Crippen molar-refractivity contribution in [3.05, 3.63) is 18.2 Å². The van der Waals surface area contributed by atoms with Crippen LogP contribution < -0.4 is 15.2 Å². The normalized spacial score (nSPS) is 9.82. The summed E-state index contributed by atoms with van der Waals surface area (Å²) >= 11 is 0. The molecule has 0 atom stereocenters. The van der Waals surface area contributed by atoms with Crippen molar-refractivity contribution in [1.82, 2.24) is 4.90 Å². The number of nitrogen functional groups attached to an aromatic ring is 1. The Kier molecular flexibility index (Phi) is 4.63. The van der Waals surface area contributed by atoms with Crippen molar-refractivity contribution in [2.24, 2.45) is 0 Å². The van der Waals surface area contributed by atoms with Crippen LogP contribution in [-0.2, 0) is 4.79 Å². The molecule has 0 saturated heterocycles. The average molecular weight is 238 g/mol. The van der Waals surface area contributed by atoms with Gasteiger partial charge in [-0.25, -0.2) is 0 Å². The second-order valence-electron chi connectivity index (χ2n) is 3.79. The number of methoxy groups -OCH3 is 1. The number of rotatable bonds is 5. The molecule has 0 aromatic heterocycles. The highest BCUT2D eigenvalue weighted by Gasteiger charge is 2.06. The number of benzene rings is 1. The van der Waals surface area contributed by atoms with E-state index in [0.29, 0.717) is 30.2 Å². The molecule has 17 heavy (non-hydrogen) atoms. The van der Waals surface area contributed by atoms with E-state index in [9.17, 15) is 4.79 Å². The SMILES string of the molecule is COc1ccc(OCCC(=O)N(C)C)c(N)c1. The summed E-state index contributed by atoms with van der Waals surface area (Å²) < 4.78 is 10.5. The lowest BCUT2D eigenvalue weighted by atomic mass is 10.3. The third-order valence-corrected chi connectivity index (χ3v) is 2.29. The average Bonchev–Trinajstić information content (AvgIpc) is 2.30. The first-order chi connectivity index (χ1) is 8.04. The van der Waals surface area contributed by atoms with Crippen LogP contribution in [0.15, 0.2) is 18.2 Å². The zero-order chi connectivity index (χ0) is 12.8. The topological polar surface area (TPSA) is 64.8 Å². The van der Waals surface area contributed by atoms with E-state index in [2.05, 4.69) is 0 Å². The number of carbonyl (C=O) groups excluding carboxylic acids is 1. The number of hydrogen-bond donors (Lipinski definition) is 1. The largest absolute Gasteiger partial charge is 0.497 e. The van der Waals surface area contributed by atoms with Crippen LogP contribution in [0.25, 0.3) is 0 Å². The molecule has 0 fully saturated rings. The smallest absolute Gasteiger partial charge is 0.225 e. The first-order valence-corrected chi connectivity index (χ1v) is 5.31. The Morgan fingerprint density at radius 1 is 1.41 bits per heavy atom. The Morgan fingerprint density at radius 3 is 2.65 bits per heavy atom. The van der Waals surface area contributed by atoms with Crippen LogP contribution in [0.5, 0.6) is 11.5 Å². The summed E-state index contributed by atoms with van der Waals surface area (Å²) in [6.45, 7) is 0.313. The van der Waals surface area contributed by atoms with E-state index in [4.69, 9.17) is 15.2 Å². The zero-order valence-electron chi connectivity index (χ0n) is 10.4. The van der Waals surface area contributed by atoms with Gasteiger partial charge in [0.15, 0.2) is 0 Å². The van der Waals surface area contributed by atoms with E-state index in [1.54, 1.807) is 39.4 Å². The van der Waals surface area contributed by atoms with Crippen molar-refractivity contribution >= 4 is 11.6 Å². The van der Waals surface area contributed by atoms with Crippen molar-refractivity contribution in [3.8, 4) is 11.5 Å². The minimum atomic E-state index is 0.0251. The van der Waals surface area contributed by atoms with Gasteiger partial charge in [0.05, 0.1) is 25.8 Å². The highest BCUT2D eigenvalue weighted by molar-refractivity contribution is 5.75. The Morgan fingerprint density at radius 2 is 2.12 bits per heavy atom. The first kappa shape index (κ1) is 13.2. The molecule has 1 amide bonds. The van der Waals surface area contributed by atoms with Gasteiger partial charge in [-0.1, -0.05) is 0 Å². The number of ether oxygens (including phenoxy) is 2. The molecule has 0 radical (unpaired) electrons. The number of nitrogens with two attached hydrogens (primary N) is 1. The fourth-order valence-corrected chi connectivity index (χ4v) is 1.26. The van der Waals surface area contributed by atoms with Crippen LogP contribution in [0.1, 0.15) is 6.42 Å². The molecular formula is C12H18N2O3. The summed E-state index contributed by atoms with van der Waals surface area (Å²) in [5.41, 5.74) is 6.27. The van der Waals surface area contributed by atoms with Crippen LogP contribution in [0.3, 0.4) is 0 Å². The quantitative estimate of drug-likeness (QED) is 0.781. The summed E-state index contributed by atoms with van der Waals surface area (Å²) in [5.74, 6) is 1.27. The highest BCUT2D eigenvalue weighted by Crippen LogP contribution is 2.26. The maximum absolute atomic E-state index is 11.3. The molecular weight excluding hydrogens is 220 g/mol. The fraction of sp³-hybridized carbons (Fsp3) is 0.417. The summed E-state index contributed by atoms with van der Waals surface area (Å²) in [6.07, 6.45) is 0.332. The van der Waals surface area contributed by atoms with Crippen molar-refractivity contribution in [3.63, 3.8) is 0 Å². The number of nitrogens with zero attached hydrogens (tertiary/aromatic N) is 1. The van der Waals surface area contributed by atoms with E-state index in [1.165, 1.54) is 4.90 Å². The van der Waals surface area contributed by atoms with Gasteiger partial charge in [0.1, 0.15) is 11.5 Å². The molecule has 0 bridgehead atoms. The van der Waals surface area contributed by atoms with Crippen molar-refractivity contribution in [2.75, 3.05) is 33.5 Å². The van der Waals surface area contributed by atoms with Gasteiger partial charge >= 0.3 is 0 Å². The van der Waals surface area contributed by atoms with Crippen molar-refractivity contribution in [1.29, 1.82) is 0 Å². The Balaban J connectivity index is 2.50. The second-order valence-corrected chi connectivity index (χ2v) is 3.79. The molecule has 5 nitrogen and oxygen atoms in total. The van der Waals surface area contributed by atoms with Crippen LogP contribution in [0.4, 0.5) is 5.69 Å². The molecule has 5 heteroatoms. The van der Waals surface area contributed by atoms with Crippen LogP contribution >= 0.6 is 0 Å². The molecule has 0 heterocycles. The third kappa shape index (κ3) is 3.86. The van der Waals surface area contributed by atoms with Gasteiger partial charge in [-0.15, -0.1) is 0 Å². The lowest BCUT2D eigenvalue weighted by Gasteiger charge is -2.12. The molecule has 94 valence electrons. The zero-order valence-corrected chi connectivity index (χ0v) is 10.4. The van der Waals surface area contributed by atoms with E-state index in [1.807, 2.05) is 0 Å². The van der Waals surface area contributed by atoms with E-state index >= 15 is 0 Å². The lowest BCUT2D eigenvalue weighted by molar-refractivity contribution is -0.129. The van der Waals surface area contributed by atoms with E-state index in [-0.39, 0.29) is 5.91 Å². The van der Waals surface area contributed by atoms with Crippen LogP contribution in [-0.4, -0.2) is 38.6 Å². The lowest BCUT2D eigenvalue weighted by Crippen LogP contribution is -2.23. The van der Waals surface area contributed by atoms with Gasteiger partial charge in [-0.05, 0) is 12.1 Å². The molecule has 1 aromatic carbocycles. The molecule has 0 unspecified atom stereocenters. The standard InChI is InChI=1S/C12H18N2O3/c1-14(2)12(15)6-7-17-11-5-4-9(16-3)8-10(11)13/h4-5,8H,6-7,13H2,1-3H3. The second kappa shape index (κ2) is 5.98. The fourth-order valence-electron chi connectivity index (χ4n) is 1.26. The Labute approximate surface area is 101 Å². The molecule has 2 N–H and O–H groups in total. The third-order valence-electron chi connectivity index (χ3n) is 2.29. The molecule has 0 aliphatic rings. The molecule has 1 rings (SSSR count). The van der Waals surface area contributed by atoms with Gasteiger partial charge in [-0.2, -0.15) is 0 Å². The Hall–Kier alpha value is -1.91. The van der Waals surface area contributed by atoms with E-state index in [0.717, 1.165) is 0 Å². The molecule has 1 aromatic rings. The maximum atomic E-state index is 11.3. The molecule has 0 saturated carbocycles. The number of anilines is 1. The Bertz CT molecular complexity index is 391. The predicted molar refractivity (Wildman–Crippen MR) is 66.2 cm³/mol. The number of carbonyl (C=O) groups is 1. The summed E-state index contributed by atoms with van der Waals surface area (Å²) in [4.78, 5) is 12.8. The van der Waals surface area contributed by atoms with Gasteiger partial charge in [0.2, 0.25) is 5.91 Å². The van der Waals surface area contributed by atoms with E-state index < -0.39 is 0 Å². The van der Waals surface area contributed by atoms with Gasteiger partial charge in [-0.3, -0.25) is 4.79 Å². The monoisotopic (exact) mass is 238 g/mol. The minimum absolute atomic E-state index is 0.0251. The van der Waals surface area contributed by atoms with Gasteiger partial charge in [0, 0.05) is 20.2 Å². The summed E-state index contributed by atoms with van der Waals surface area (Å²) in [6, 6.07) is 5.18. The van der Waals surface area contributed by atoms with Crippen molar-refractivity contribution in [2.45, 2.75) is 6.42 Å². The van der Waals surface area contributed by atoms with Crippen molar-refractivity contribution < 1.29 is 14.3 Å². The minimum Gasteiger partial charge on any atom is -0.497 e. The number of hydrogen-bond acceptors (Lipinski definition) is 4. The first-order valence-electron chi connectivity index (χ1n) is 5.31. The highest BCUT2D eigenvalue weighted by atomic mass is 16.5.